The Kier molecular flexibility index (Phi) is 4.60. The Morgan fingerprint density at radius 3 is 3.00 bits per heavy atom. The Bertz CT molecular complexity index is 681. The zero-order chi connectivity index (χ0) is 16.2. The number of hydrogen-bond donors (Lipinski definition) is 1. The van der Waals surface area contributed by atoms with Gasteiger partial charge in [-0.3, -0.25) is 4.79 Å². The second kappa shape index (κ2) is 6.81. The molecular weight excluding hydrogens is 294 g/mol. The van der Waals surface area contributed by atoms with Crippen LogP contribution in [0.2, 0.25) is 0 Å². The van der Waals surface area contributed by atoms with Gasteiger partial charge >= 0.3 is 0 Å². The van der Waals surface area contributed by atoms with Crippen molar-refractivity contribution in [3.05, 3.63) is 41.5 Å². The van der Waals surface area contributed by atoms with Crippen LogP contribution in [0, 0.1) is 0 Å². The van der Waals surface area contributed by atoms with Gasteiger partial charge in [0.15, 0.2) is 5.82 Å². The number of benzene rings is 1. The molecular formula is C17H21N3O3. The van der Waals surface area contributed by atoms with Crippen LogP contribution in [0.1, 0.15) is 55.9 Å². The van der Waals surface area contributed by atoms with Crippen LogP contribution in [0.25, 0.3) is 0 Å². The van der Waals surface area contributed by atoms with Crippen LogP contribution in [0.3, 0.4) is 0 Å². The minimum atomic E-state index is -0.0176. The van der Waals surface area contributed by atoms with E-state index >= 15 is 0 Å². The zero-order valence-electron chi connectivity index (χ0n) is 13.4. The van der Waals surface area contributed by atoms with E-state index in [1.807, 2.05) is 38.1 Å². The summed E-state index contributed by atoms with van der Waals surface area (Å²) in [7, 11) is 0. The van der Waals surface area contributed by atoms with Gasteiger partial charge in [0.25, 0.3) is 0 Å². The number of carbonyl (C=O) groups excluding carboxylic acids is 1. The Morgan fingerprint density at radius 2 is 2.22 bits per heavy atom. The van der Waals surface area contributed by atoms with Gasteiger partial charge in [0.05, 0.1) is 12.6 Å². The Labute approximate surface area is 135 Å². The van der Waals surface area contributed by atoms with Gasteiger partial charge in [-0.1, -0.05) is 37.2 Å². The number of amides is 1. The SMILES string of the molecule is CC(C)c1noc(CCC(=O)NC2CCOc3ccccc32)n1. The zero-order valence-corrected chi connectivity index (χ0v) is 13.4. The van der Waals surface area contributed by atoms with Gasteiger partial charge in [0, 0.05) is 30.7 Å². The molecule has 0 fully saturated rings. The molecule has 0 radical (unpaired) electrons. The third kappa shape index (κ3) is 3.70. The fraction of sp³-hybridized carbons (Fsp3) is 0.471. The number of para-hydroxylation sites is 1. The molecule has 1 aromatic heterocycles. The van der Waals surface area contributed by atoms with E-state index < -0.39 is 0 Å². The summed E-state index contributed by atoms with van der Waals surface area (Å²) in [4.78, 5) is 16.5. The van der Waals surface area contributed by atoms with Gasteiger partial charge < -0.3 is 14.6 Å². The Morgan fingerprint density at radius 1 is 1.39 bits per heavy atom. The topological polar surface area (TPSA) is 77.2 Å². The van der Waals surface area contributed by atoms with Crippen LogP contribution >= 0.6 is 0 Å². The maximum absolute atomic E-state index is 12.2. The fourth-order valence-corrected chi connectivity index (χ4v) is 2.58. The van der Waals surface area contributed by atoms with E-state index in [0.717, 1.165) is 17.7 Å². The molecule has 1 N–H and O–H groups in total. The highest BCUT2D eigenvalue weighted by atomic mass is 16.5. The molecule has 6 nitrogen and oxygen atoms in total. The summed E-state index contributed by atoms with van der Waals surface area (Å²) in [5.41, 5.74) is 1.03. The van der Waals surface area contributed by atoms with Gasteiger partial charge in [-0.25, -0.2) is 0 Å². The second-order valence-corrected chi connectivity index (χ2v) is 6.00. The molecule has 2 heterocycles. The smallest absolute Gasteiger partial charge is 0.227 e. The first kappa shape index (κ1) is 15.5. The summed E-state index contributed by atoms with van der Waals surface area (Å²) < 4.78 is 10.8. The van der Waals surface area contributed by atoms with Gasteiger partial charge in [-0.2, -0.15) is 4.98 Å². The first-order chi connectivity index (χ1) is 11.1. The van der Waals surface area contributed by atoms with Gasteiger partial charge in [0.1, 0.15) is 5.75 Å². The number of hydrogen-bond acceptors (Lipinski definition) is 5. The van der Waals surface area contributed by atoms with Crippen molar-refractivity contribution in [3.8, 4) is 5.75 Å². The molecule has 6 heteroatoms. The second-order valence-electron chi connectivity index (χ2n) is 6.00. The molecule has 1 aromatic carbocycles. The molecule has 122 valence electrons. The molecule has 1 aliphatic rings. The standard InChI is InChI=1S/C17H21N3O3/c1-11(2)17-19-16(23-20-17)8-7-15(21)18-13-9-10-22-14-6-4-3-5-12(13)14/h3-6,11,13H,7-10H2,1-2H3,(H,18,21). The van der Waals surface area contributed by atoms with Crippen LogP contribution < -0.4 is 10.1 Å². The van der Waals surface area contributed by atoms with Crippen LogP contribution in [0.4, 0.5) is 0 Å². The average Bonchev–Trinajstić information content (AvgIpc) is 3.03. The summed E-state index contributed by atoms with van der Waals surface area (Å²) >= 11 is 0. The highest BCUT2D eigenvalue weighted by molar-refractivity contribution is 5.76. The van der Waals surface area contributed by atoms with Gasteiger partial charge in [-0.15, -0.1) is 0 Å². The lowest BCUT2D eigenvalue weighted by molar-refractivity contribution is -0.122. The van der Waals surface area contributed by atoms with Crippen molar-refractivity contribution in [2.75, 3.05) is 6.61 Å². The van der Waals surface area contributed by atoms with Crippen LogP contribution in [-0.4, -0.2) is 22.7 Å². The first-order valence-electron chi connectivity index (χ1n) is 7.97. The lowest BCUT2D eigenvalue weighted by Crippen LogP contribution is -2.32. The summed E-state index contributed by atoms with van der Waals surface area (Å²) in [6, 6.07) is 7.82. The van der Waals surface area contributed by atoms with Crippen molar-refractivity contribution < 1.29 is 14.1 Å². The van der Waals surface area contributed by atoms with Crippen molar-refractivity contribution in [2.24, 2.45) is 0 Å². The number of aryl methyl sites for hydroxylation is 1. The van der Waals surface area contributed by atoms with E-state index in [9.17, 15) is 4.79 Å². The Balaban J connectivity index is 1.55. The van der Waals surface area contributed by atoms with Crippen LogP contribution in [0.5, 0.6) is 5.75 Å². The summed E-state index contributed by atoms with van der Waals surface area (Å²) in [5, 5.41) is 6.97. The van der Waals surface area contributed by atoms with Crippen molar-refractivity contribution in [2.45, 2.75) is 45.1 Å². The van der Waals surface area contributed by atoms with E-state index in [1.165, 1.54) is 0 Å². The number of rotatable bonds is 5. The predicted octanol–water partition coefficient (Wildman–Crippen LogP) is 2.77. The van der Waals surface area contributed by atoms with E-state index in [0.29, 0.717) is 31.2 Å². The average molecular weight is 315 g/mol. The van der Waals surface area contributed by atoms with Crippen LogP contribution in [-0.2, 0) is 11.2 Å². The number of fused-ring (bicyclic) bond motifs is 1. The number of carbonyl (C=O) groups is 1. The molecule has 0 aliphatic carbocycles. The van der Waals surface area contributed by atoms with Crippen molar-refractivity contribution >= 4 is 5.91 Å². The molecule has 1 unspecified atom stereocenters. The Hall–Kier alpha value is -2.37. The molecule has 0 saturated heterocycles. The normalized spacial score (nSPS) is 16.7. The third-order valence-electron chi connectivity index (χ3n) is 3.86. The van der Waals surface area contributed by atoms with E-state index in [-0.39, 0.29) is 17.9 Å². The van der Waals surface area contributed by atoms with E-state index in [4.69, 9.17) is 9.26 Å². The number of aromatic nitrogens is 2. The molecule has 1 amide bonds. The van der Waals surface area contributed by atoms with Crippen molar-refractivity contribution in [1.82, 2.24) is 15.5 Å². The lowest BCUT2D eigenvalue weighted by Gasteiger charge is -2.26. The van der Waals surface area contributed by atoms with E-state index in [2.05, 4.69) is 15.5 Å². The maximum Gasteiger partial charge on any atom is 0.227 e. The summed E-state index contributed by atoms with van der Waals surface area (Å²) in [5.74, 6) is 2.24. The molecule has 1 atom stereocenters. The van der Waals surface area contributed by atoms with Crippen molar-refractivity contribution in [1.29, 1.82) is 0 Å². The minimum absolute atomic E-state index is 0.00126. The molecule has 0 bridgehead atoms. The highest BCUT2D eigenvalue weighted by Crippen LogP contribution is 2.31. The molecule has 1 aliphatic heterocycles. The van der Waals surface area contributed by atoms with Gasteiger partial charge in [-0.05, 0) is 6.07 Å². The minimum Gasteiger partial charge on any atom is -0.493 e. The number of nitrogens with one attached hydrogen (secondary N) is 1. The fourth-order valence-electron chi connectivity index (χ4n) is 2.58. The molecule has 23 heavy (non-hydrogen) atoms. The van der Waals surface area contributed by atoms with Crippen molar-refractivity contribution in [3.63, 3.8) is 0 Å². The summed E-state index contributed by atoms with van der Waals surface area (Å²) in [6.07, 6.45) is 1.57. The van der Waals surface area contributed by atoms with Crippen LogP contribution in [0.15, 0.2) is 28.8 Å². The number of ether oxygens (including phenoxy) is 1. The molecule has 2 aromatic rings. The summed E-state index contributed by atoms with van der Waals surface area (Å²) in [6.45, 7) is 4.62. The quantitative estimate of drug-likeness (QED) is 0.918. The lowest BCUT2D eigenvalue weighted by atomic mass is 10.0. The first-order valence-corrected chi connectivity index (χ1v) is 7.97. The van der Waals surface area contributed by atoms with Gasteiger partial charge in [0.2, 0.25) is 11.8 Å². The van der Waals surface area contributed by atoms with E-state index in [1.54, 1.807) is 0 Å². The molecule has 3 rings (SSSR count). The molecule has 0 spiro atoms. The maximum atomic E-state index is 12.2. The number of nitrogens with zero attached hydrogens (tertiary/aromatic N) is 2. The predicted molar refractivity (Wildman–Crippen MR) is 84.1 cm³/mol. The highest BCUT2D eigenvalue weighted by Gasteiger charge is 2.22. The monoisotopic (exact) mass is 315 g/mol. The third-order valence-corrected chi connectivity index (χ3v) is 3.86. The largest absolute Gasteiger partial charge is 0.493 e. The molecule has 0 saturated carbocycles.